The highest BCUT2D eigenvalue weighted by atomic mass is 28.4. The quantitative estimate of drug-likeness (QED) is 0.0292. The van der Waals surface area contributed by atoms with Crippen molar-refractivity contribution in [1.82, 2.24) is 0 Å². The Hall–Kier alpha value is -1.00. The second kappa shape index (κ2) is 30.6. The molecule has 508 valence electrons. The van der Waals surface area contributed by atoms with E-state index in [1.807, 2.05) is 20.8 Å². The summed E-state index contributed by atoms with van der Waals surface area (Å²) in [4.78, 5) is 13.5. The first kappa shape index (κ1) is 78.4. The maximum absolute atomic E-state index is 13.5. The number of methoxy groups -OCH3 is 4. The van der Waals surface area contributed by atoms with E-state index in [4.69, 9.17) is 65.1 Å². The Morgan fingerprint density at radius 1 is 0.724 bits per heavy atom. The van der Waals surface area contributed by atoms with Gasteiger partial charge in [-0.3, -0.25) is 4.79 Å². The van der Waals surface area contributed by atoms with Crippen molar-refractivity contribution < 1.29 is 75.0 Å². The molecule has 0 radical (unpaired) electrons. The highest BCUT2D eigenvalue weighted by Crippen LogP contribution is 2.55. The Balaban J connectivity index is 1.92. The normalized spacial score (nSPS) is 31.1. The maximum atomic E-state index is 13.5. The van der Waals surface area contributed by atoms with Gasteiger partial charge in [-0.1, -0.05) is 142 Å². The van der Waals surface area contributed by atoms with Crippen molar-refractivity contribution in [3.63, 3.8) is 0 Å². The van der Waals surface area contributed by atoms with Gasteiger partial charge in [-0.2, -0.15) is 0 Å². The molecule has 0 aromatic rings. The summed E-state index contributed by atoms with van der Waals surface area (Å²) in [7, 11) is -2.58. The maximum Gasteiger partial charge on any atom is 0.308 e. The van der Waals surface area contributed by atoms with E-state index in [0.29, 0.717) is 44.3 Å². The van der Waals surface area contributed by atoms with E-state index in [1.54, 1.807) is 34.5 Å². The molecule has 0 unspecified atom stereocenters. The van der Waals surface area contributed by atoms with Crippen molar-refractivity contribution in [3.05, 3.63) is 36.5 Å². The molecule has 0 aliphatic carbocycles. The van der Waals surface area contributed by atoms with Crippen LogP contribution in [0.15, 0.2) is 36.5 Å². The van der Waals surface area contributed by atoms with E-state index in [1.165, 1.54) is 0 Å². The van der Waals surface area contributed by atoms with Crippen molar-refractivity contribution in [2.75, 3.05) is 41.7 Å². The Bertz CT molecular complexity index is 2210. The predicted octanol–water partition coefficient (Wildman–Crippen LogP) is 15.3. The largest absolute Gasteiger partial charge is 0.461 e. The van der Waals surface area contributed by atoms with Crippen LogP contribution in [0.5, 0.6) is 0 Å². The molecule has 12 atom stereocenters. The number of hydrogen-bond acceptors (Lipinski definition) is 16. The van der Waals surface area contributed by atoms with Crippen LogP contribution in [0.25, 0.3) is 0 Å². The van der Waals surface area contributed by atoms with Gasteiger partial charge in [-0.05, 0) is 112 Å². The SMILES string of the molecule is C=CCOC(=O)C[C@@H](C[C@@H]1C[C@H](O[Si](C)(C)C(C)(C)C)C(C)(C)[C@@](C[C@@H]2CC(OC)(OC)C[C@H](/C=C/C(C)(C)[C@]3(OC)O[C@H](C[C@H]4OC(C)(C)O[C@@H]4C)[C@@H](O)/C(=C\CO[Si](CC)(CC)CC)[C@@H]3O[Si](CC)(CC)CC)O2)(OC)O1)O[Si](C)(C)C(C)(C)C. The van der Waals surface area contributed by atoms with Crippen LogP contribution in [0.2, 0.25) is 72.5 Å². The van der Waals surface area contributed by atoms with Crippen molar-refractivity contribution in [3.8, 4) is 0 Å². The highest BCUT2D eigenvalue weighted by molar-refractivity contribution is 6.75. The summed E-state index contributed by atoms with van der Waals surface area (Å²) in [5, 5.41) is 12.7. The first-order chi connectivity index (χ1) is 40.1. The molecule has 0 saturated carbocycles. The molecule has 0 spiro atoms. The molecule has 0 bridgehead atoms. The lowest BCUT2D eigenvalue weighted by Crippen LogP contribution is -2.68. The monoisotopic (exact) mass is 1300 g/mol. The van der Waals surface area contributed by atoms with E-state index in [0.717, 1.165) is 36.3 Å². The molecule has 0 amide bonds. The number of rotatable bonds is 32. The van der Waals surface area contributed by atoms with E-state index in [2.05, 4.69) is 162 Å². The van der Waals surface area contributed by atoms with Crippen molar-refractivity contribution >= 4 is 39.2 Å². The van der Waals surface area contributed by atoms with Crippen LogP contribution in [-0.4, -0.2) is 170 Å². The molecular weight excluding hydrogens is 1170 g/mol. The smallest absolute Gasteiger partial charge is 0.308 e. The summed E-state index contributed by atoms with van der Waals surface area (Å²) in [6.07, 6.45) is 4.64. The third kappa shape index (κ3) is 18.1. The van der Waals surface area contributed by atoms with Crippen molar-refractivity contribution in [1.29, 1.82) is 0 Å². The van der Waals surface area contributed by atoms with E-state index in [-0.39, 0.29) is 53.8 Å². The minimum atomic E-state index is -2.49. The Labute approximate surface area is 533 Å². The summed E-state index contributed by atoms with van der Waals surface area (Å²) < 4.78 is 96.7. The van der Waals surface area contributed by atoms with E-state index < -0.39 is 110 Å². The molecule has 0 aromatic carbocycles. The molecular formula is C67H128O16Si4. The van der Waals surface area contributed by atoms with Gasteiger partial charge in [-0.15, -0.1) is 0 Å². The average molecular weight is 1300 g/mol. The summed E-state index contributed by atoms with van der Waals surface area (Å²) in [5.74, 6) is -4.98. The van der Waals surface area contributed by atoms with Gasteiger partial charge in [-0.25, -0.2) is 0 Å². The van der Waals surface area contributed by atoms with Gasteiger partial charge >= 0.3 is 5.97 Å². The number of carbonyl (C=O) groups excluding carboxylic acids is 1. The zero-order valence-corrected chi connectivity index (χ0v) is 64.0. The first-order valence-electron chi connectivity index (χ1n) is 33.2. The summed E-state index contributed by atoms with van der Waals surface area (Å²) >= 11 is 0. The topological polar surface area (TPSA) is 167 Å². The van der Waals surface area contributed by atoms with Crippen LogP contribution in [0.4, 0.5) is 0 Å². The molecule has 1 N–H and O–H groups in total. The summed E-state index contributed by atoms with van der Waals surface area (Å²) in [6.45, 7) is 54.4. The Morgan fingerprint density at radius 2 is 1.30 bits per heavy atom. The summed E-state index contributed by atoms with van der Waals surface area (Å²) in [5.41, 5.74) is -0.995. The number of hydrogen-bond donors (Lipinski definition) is 1. The predicted molar refractivity (Wildman–Crippen MR) is 358 cm³/mol. The minimum Gasteiger partial charge on any atom is -0.461 e. The molecule has 20 heteroatoms. The van der Waals surface area contributed by atoms with E-state index in [9.17, 15) is 9.90 Å². The molecule has 4 aliphatic heterocycles. The van der Waals surface area contributed by atoms with Gasteiger partial charge in [0.2, 0.25) is 5.79 Å². The van der Waals surface area contributed by atoms with E-state index >= 15 is 0 Å². The second-order valence-corrected chi connectivity index (χ2v) is 49.3. The zero-order chi connectivity index (χ0) is 66.3. The lowest BCUT2D eigenvalue weighted by atomic mass is 9.70. The molecule has 16 nitrogen and oxygen atoms in total. The van der Waals surface area contributed by atoms with Crippen LogP contribution in [0.1, 0.15) is 176 Å². The van der Waals surface area contributed by atoms with Crippen molar-refractivity contribution in [2.24, 2.45) is 10.8 Å². The minimum absolute atomic E-state index is 0.0616. The molecule has 87 heavy (non-hydrogen) atoms. The summed E-state index contributed by atoms with van der Waals surface area (Å²) in [6, 6.07) is 5.57. The fourth-order valence-corrected chi connectivity index (χ4v) is 21.4. The molecule has 4 heterocycles. The Kier molecular flexibility index (Phi) is 27.6. The van der Waals surface area contributed by atoms with Crippen LogP contribution in [-0.2, 0) is 69.9 Å². The highest BCUT2D eigenvalue weighted by Gasteiger charge is 2.64. The first-order valence-corrected chi connectivity index (χ1v) is 44.1. The Morgan fingerprint density at radius 3 is 1.78 bits per heavy atom. The number of esters is 1. The molecule has 4 saturated heterocycles. The zero-order valence-electron chi connectivity index (χ0n) is 60.0. The van der Waals surface area contributed by atoms with Gasteiger partial charge < -0.3 is 70.2 Å². The standard InChI is InChI=1S/C67H128O16Si4/c1-29-39-74-57(68)43-51(81-84(25,26)60(9,10)11)41-50-42-56(82-85(27,28)61(12,13)14)63(17,18)66(72-23,78-50)47-52-46-65(70-21,71-22)45-49(76-52)36-38-62(15,16)67(73-24)59(83-87(33-5,34-6)35-7)53(37-40-75-86(30-2,31-3)32-4)58(69)55(80-67)44-54-48(8)77-64(19,20)79-54/h29,36-38,48-52,54-56,58-59,69H,1,30-35,39-47H2,2-28H3/b38-36+,53-37+/t48-,49+,50-,51-,52+,54-,55-,56+,58+,59+,66+,67-/m1/s1. The van der Waals surface area contributed by atoms with Crippen LogP contribution in [0, 0.1) is 10.8 Å². The van der Waals surface area contributed by atoms with Crippen LogP contribution in [0.3, 0.4) is 0 Å². The average Bonchev–Trinajstić information content (AvgIpc) is 0.964. The number of aliphatic hydroxyl groups excluding tert-OH is 1. The molecule has 4 aliphatic rings. The number of carbonyl (C=O) groups is 1. The van der Waals surface area contributed by atoms with Crippen LogP contribution < -0.4 is 0 Å². The number of aliphatic hydroxyl groups is 1. The van der Waals surface area contributed by atoms with Gasteiger partial charge in [0.05, 0.1) is 61.9 Å². The fourth-order valence-electron chi connectivity index (χ4n) is 13.3. The lowest BCUT2D eigenvalue weighted by Gasteiger charge is -2.58. The second-order valence-electron chi connectivity index (χ2n) is 30.3. The van der Waals surface area contributed by atoms with Gasteiger partial charge in [0, 0.05) is 65.0 Å². The molecule has 4 rings (SSSR count). The van der Waals surface area contributed by atoms with Gasteiger partial charge in [0.15, 0.2) is 50.6 Å². The van der Waals surface area contributed by atoms with Crippen LogP contribution >= 0.6 is 0 Å². The third-order valence-electron chi connectivity index (χ3n) is 21.8. The third-order valence-corrected chi connectivity index (χ3v) is 40.1. The number of ether oxygens (including phenoxy) is 10. The molecule has 4 fully saturated rings. The van der Waals surface area contributed by atoms with Crippen molar-refractivity contribution in [2.45, 2.75) is 333 Å². The van der Waals surface area contributed by atoms with Gasteiger partial charge in [0.1, 0.15) is 18.8 Å². The fraction of sp³-hybridized carbons (Fsp3) is 0.896. The molecule has 0 aromatic heterocycles. The van der Waals surface area contributed by atoms with Gasteiger partial charge in [0.25, 0.3) is 0 Å². The lowest BCUT2D eigenvalue weighted by molar-refractivity contribution is -0.362.